The zero-order chi connectivity index (χ0) is 16.3. The highest BCUT2D eigenvalue weighted by Gasteiger charge is 2.25. The van der Waals surface area contributed by atoms with Crippen molar-refractivity contribution in [2.45, 2.75) is 26.3 Å². The van der Waals surface area contributed by atoms with Gasteiger partial charge >= 0.3 is 11.9 Å². The summed E-state index contributed by atoms with van der Waals surface area (Å²) in [7, 11) is 0. The molecule has 0 aliphatic heterocycles. The van der Waals surface area contributed by atoms with Crippen LogP contribution in [0.3, 0.4) is 0 Å². The van der Waals surface area contributed by atoms with E-state index in [9.17, 15) is 19.2 Å². The van der Waals surface area contributed by atoms with Crippen molar-refractivity contribution in [1.29, 1.82) is 0 Å². The van der Waals surface area contributed by atoms with Crippen molar-refractivity contribution >= 4 is 23.8 Å². The van der Waals surface area contributed by atoms with Crippen molar-refractivity contribution in [2.75, 3.05) is 26.3 Å². The Morgan fingerprint density at radius 3 is 2.19 bits per heavy atom. The van der Waals surface area contributed by atoms with Gasteiger partial charge in [-0.1, -0.05) is 0 Å². The number of nitrogens with one attached hydrogen (secondary N) is 2. The van der Waals surface area contributed by atoms with Gasteiger partial charge in [-0.2, -0.15) is 0 Å². The quantitative estimate of drug-likeness (QED) is 0.421. The summed E-state index contributed by atoms with van der Waals surface area (Å²) in [6.07, 6.45) is -0.344. The van der Waals surface area contributed by atoms with Crippen LogP contribution in [-0.4, -0.2) is 56.1 Å². The number of amides is 2. The molecule has 2 amide bonds. The maximum absolute atomic E-state index is 11.7. The third-order valence-electron chi connectivity index (χ3n) is 2.21. The van der Waals surface area contributed by atoms with E-state index in [4.69, 9.17) is 15.2 Å². The summed E-state index contributed by atoms with van der Waals surface area (Å²) in [5.41, 5.74) is 5.07. The molecule has 0 spiro atoms. The number of esters is 2. The topological polar surface area (TPSA) is 137 Å². The van der Waals surface area contributed by atoms with E-state index in [1.165, 1.54) is 0 Å². The number of rotatable bonds is 9. The minimum absolute atomic E-state index is 0.109. The van der Waals surface area contributed by atoms with Gasteiger partial charge in [0, 0.05) is 0 Å². The molecule has 4 N–H and O–H groups in total. The number of carbonyl (C=O) groups is 4. The van der Waals surface area contributed by atoms with Crippen molar-refractivity contribution in [1.82, 2.24) is 10.6 Å². The van der Waals surface area contributed by atoms with Gasteiger partial charge in [0.25, 0.3) is 0 Å². The maximum Gasteiger partial charge on any atom is 0.329 e. The second-order valence-corrected chi connectivity index (χ2v) is 3.86. The van der Waals surface area contributed by atoms with Crippen molar-refractivity contribution in [3.05, 3.63) is 0 Å². The summed E-state index contributed by atoms with van der Waals surface area (Å²) < 4.78 is 9.48. The Morgan fingerprint density at radius 1 is 1.05 bits per heavy atom. The van der Waals surface area contributed by atoms with Gasteiger partial charge in [-0.25, -0.2) is 4.79 Å². The fraction of sp³-hybridized carbons (Fsp3) is 0.667. The number of ether oxygens (including phenoxy) is 2. The van der Waals surface area contributed by atoms with Crippen LogP contribution in [0.4, 0.5) is 0 Å². The first-order valence-electron chi connectivity index (χ1n) is 6.52. The molecular formula is C12H21N3O6. The molecule has 120 valence electrons. The molecule has 9 nitrogen and oxygen atoms in total. The van der Waals surface area contributed by atoms with Gasteiger partial charge in [0.05, 0.1) is 32.7 Å². The van der Waals surface area contributed by atoms with Crippen LogP contribution in [0.2, 0.25) is 0 Å². The first-order valence-corrected chi connectivity index (χ1v) is 6.52. The number of hydrogen-bond donors (Lipinski definition) is 3. The van der Waals surface area contributed by atoms with Crippen LogP contribution in [0.1, 0.15) is 20.3 Å². The first kappa shape index (κ1) is 18.8. The van der Waals surface area contributed by atoms with E-state index in [1.807, 2.05) is 0 Å². The van der Waals surface area contributed by atoms with E-state index >= 15 is 0 Å². The smallest absolute Gasteiger partial charge is 0.329 e. The van der Waals surface area contributed by atoms with Crippen molar-refractivity contribution in [3.8, 4) is 0 Å². The highest BCUT2D eigenvalue weighted by molar-refractivity contribution is 5.90. The van der Waals surface area contributed by atoms with Gasteiger partial charge in [0.15, 0.2) is 0 Å². The molecule has 0 rings (SSSR count). The van der Waals surface area contributed by atoms with Crippen LogP contribution in [0.25, 0.3) is 0 Å². The minimum atomic E-state index is -1.16. The Labute approximate surface area is 122 Å². The largest absolute Gasteiger partial charge is 0.466 e. The van der Waals surface area contributed by atoms with E-state index in [0.29, 0.717) is 0 Å². The van der Waals surface area contributed by atoms with E-state index in [2.05, 4.69) is 10.6 Å². The van der Waals surface area contributed by atoms with E-state index in [-0.39, 0.29) is 32.7 Å². The van der Waals surface area contributed by atoms with Crippen LogP contribution in [-0.2, 0) is 28.7 Å². The SMILES string of the molecule is CCOC(=O)CC(NC(=O)CNC(=O)CN)C(=O)OCC. The maximum atomic E-state index is 11.7. The molecule has 0 bridgehead atoms. The standard InChI is InChI=1S/C12H21N3O6/c1-3-20-11(18)5-8(12(19)21-4-2)15-10(17)7-14-9(16)6-13/h8H,3-7,13H2,1-2H3,(H,14,16)(H,15,17). The molecule has 0 aliphatic rings. The highest BCUT2D eigenvalue weighted by Crippen LogP contribution is 1.99. The molecule has 1 unspecified atom stereocenters. The summed E-state index contributed by atoms with van der Waals surface area (Å²) in [6, 6.07) is -1.16. The minimum Gasteiger partial charge on any atom is -0.466 e. The van der Waals surface area contributed by atoms with Crippen LogP contribution >= 0.6 is 0 Å². The fourth-order valence-electron chi connectivity index (χ4n) is 1.32. The summed E-state index contributed by atoms with van der Waals surface area (Å²) >= 11 is 0. The zero-order valence-corrected chi connectivity index (χ0v) is 12.1. The lowest BCUT2D eigenvalue weighted by molar-refractivity contribution is -0.153. The number of hydrogen-bond acceptors (Lipinski definition) is 7. The monoisotopic (exact) mass is 303 g/mol. The average molecular weight is 303 g/mol. The third-order valence-corrected chi connectivity index (χ3v) is 2.21. The third kappa shape index (κ3) is 8.58. The summed E-state index contributed by atoms with van der Waals surface area (Å²) in [5.74, 6) is -2.53. The van der Waals surface area contributed by atoms with Gasteiger partial charge in [-0.05, 0) is 13.8 Å². The molecule has 0 radical (unpaired) electrons. The van der Waals surface area contributed by atoms with Gasteiger partial charge < -0.3 is 25.8 Å². The van der Waals surface area contributed by atoms with Gasteiger partial charge in [-0.3, -0.25) is 14.4 Å². The second-order valence-electron chi connectivity index (χ2n) is 3.86. The van der Waals surface area contributed by atoms with Crippen LogP contribution < -0.4 is 16.4 Å². The molecule has 0 saturated carbocycles. The predicted molar refractivity (Wildman–Crippen MR) is 71.9 cm³/mol. The Balaban J connectivity index is 4.51. The molecule has 0 aromatic carbocycles. The van der Waals surface area contributed by atoms with Gasteiger partial charge in [0.2, 0.25) is 11.8 Å². The number of carbonyl (C=O) groups excluding carboxylic acids is 4. The molecule has 0 aromatic rings. The first-order chi connectivity index (χ1) is 9.94. The van der Waals surface area contributed by atoms with Crippen molar-refractivity contribution in [2.24, 2.45) is 5.73 Å². The van der Waals surface area contributed by atoms with Crippen LogP contribution in [0.5, 0.6) is 0 Å². The summed E-state index contributed by atoms with van der Waals surface area (Å²) in [5, 5.41) is 4.54. The Hall–Kier alpha value is -2.16. The van der Waals surface area contributed by atoms with Crippen molar-refractivity contribution in [3.63, 3.8) is 0 Å². The molecule has 21 heavy (non-hydrogen) atoms. The Bertz CT molecular complexity index is 385. The normalized spacial score (nSPS) is 11.2. The molecule has 0 aliphatic carbocycles. The molecule has 0 saturated heterocycles. The average Bonchev–Trinajstić information content (AvgIpc) is 2.44. The van der Waals surface area contributed by atoms with E-state index in [1.54, 1.807) is 13.8 Å². The lowest BCUT2D eigenvalue weighted by Crippen LogP contribution is -2.47. The Kier molecular flexibility index (Phi) is 9.52. The van der Waals surface area contributed by atoms with E-state index < -0.39 is 29.8 Å². The number of nitrogens with two attached hydrogens (primary N) is 1. The summed E-state index contributed by atoms with van der Waals surface area (Å²) in [4.78, 5) is 45.6. The molecule has 9 heteroatoms. The Morgan fingerprint density at radius 2 is 1.67 bits per heavy atom. The van der Waals surface area contributed by atoms with Crippen LogP contribution in [0, 0.1) is 0 Å². The lowest BCUT2D eigenvalue weighted by atomic mass is 10.2. The van der Waals surface area contributed by atoms with Gasteiger partial charge in [-0.15, -0.1) is 0 Å². The predicted octanol–water partition coefficient (Wildman–Crippen LogP) is -1.94. The summed E-state index contributed by atoms with van der Waals surface area (Å²) in [6.45, 7) is 2.89. The van der Waals surface area contributed by atoms with Crippen LogP contribution in [0.15, 0.2) is 0 Å². The molecule has 0 aromatic heterocycles. The highest BCUT2D eigenvalue weighted by atomic mass is 16.5. The fourth-order valence-corrected chi connectivity index (χ4v) is 1.32. The lowest BCUT2D eigenvalue weighted by Gasteiger charge is -2.16. The second kappa shape index (κ2) is 10.6. The van der Waals surface area contributed by atoms with Gasteiger partial charge in [0.1, 0.15) is 6.04 Å². The van der Waals surface area contributed by atoms with Crippen molar-refractivity contribution < 1.29 is 28.7 Å². The molecule has 0 heterocycles. The molecule has 0 fully saturated rings. The molecular weight excluding hydrogens is 282 g/mol. The molecule has 1 atom stereocenters. The van der Waals surface area contributed by atoms with E-state index in [0.717, 1.165) is 0 Å². The zero-order valence-electron chi connectivity index (χ0n) is 12.1.